The lowest BCUT2D eigenvalue weighted by molar-refractivity contribution is -0.274. The maximum absolute atomic E-state index is 12.3. The molecule has 1 N–H and O–H groups in total. The highest BCUT2D eigenvalue weighted by atomic mass is 19.4. The zero-order chi connectivity index (χ0) is 25.5. The van der Waals surface area contributed by atoms with Crippen molar-refractivity contribution < 1.29 is 32.2 Å². The average molecular weight is 499 g/mol. The third-order valence-corrected chi connectivity index (χ3v) is 5.30. The van der Waals surface area contributed by atoms with Crippen molar-refractivity contribution in [3.63, 3.8) is 0 Å². The Morgan fingerprint density at radius 1 is 1.00 bits per heavy atom. The van der Waals surface area contributed by atoms with Gasteiger partial charge in [0.2, 0.25) is 0 Å². The van der Waals surface area contributed by atoms with E-state index >= 15 is 0 Å². The van der Waals surface area contributed by atoms with Crippen molar-refractivity contribution in [1.82, 2.24) is 14.9 Å². The van der Waals surface area contributed by atoms with Crippen LogP contribution in [0.1, 0.15) is 22.3 Å². The first kappa shape index (κ1) is 25.1. The summed E-state index contributed by atoms with van der Waals surface area (Å²) >= 11 is 0. The van der Waals surface area contributed by atoms with Gasteiger partial charge in [-0.25, -0.2) is 4.98 Å². The number of aromatic nitrogens is 2. The number of hydrogen-bond acceptors (Lipinski definition) is 5. The molecule has 1 amide bonds. The molecular weight excluding hydrogens is 475 g/mol. The van der Waals surface area contributed by atoms with Gasteiger partial charge in [0, 0.05) is 31.5 Å². The molecule has 0 fully saturated rings. The molecule has 3 aromatic carbocycles. The van der Waals surface area contributed by atoms with E-state index in [1.165, 1.54) is 24.3 Å². The van der Waals surface area contributed by atoms with Crippen LogP contribution in [0.25, 0.3) is 16.7 Å². The second kappa shape index (κ2) is 11.1. The van der Waals surface area contributed by atoms with Gasteiger partial charge in [-0.1, -0.05) is 12.1 Å². The lowest BCUT2D eigenvalue weighted by Crippen LogP contribution is -2.25. The topological polar surface area (TPSA) is 74.6 Å². The van der Waals surface area contributed by atoms with Gasteiger partial charge in [-0.3, -0.25) is 9.36 Å². The van der Waals surface area contributed by atoms with E-state index in [-0.39, 0.29) is 18.3 Å². The smallest absolute Gasteiger partial charge is 0.489 e. The van der Waals surface area contributed by atoms with Gasteiger partial charge in [0.15, 0.2) is 0 Å². The number of ether oxygens (including phenoxy) is 3. The molecule has 4 rings (SSSR count). The fraction of sp³-hybridized carbons (Fsp3) is 0.231. The summed E-state index contributed by atoms with van der Waals surface area (Å²) in [5.41, 5.74) is 3.63. The highest BCUT2D eigenvalue weighted by Gasteiger charge is 2.30. The number of methoxy groups -OCH3 is 1. The number of hydrogen-bond donors (Lipinski definition) is 1. The Kier molecular flexibility index (Phi) is 7.74. The van der Waals surface area contributed by atoms with E-state index in [2.05, 4.69) is 15.0 Å². The molecule has 0 spiro atoms. The van der Waals surface area contributed by atoms with Crippen molar-refractivity contribution in [2.24, 2.45) is 0 Å². The lowest BCUT2D eigenvalue weighted by atomic mass is 10.2. The molecule has 7 nitrogen and oxygen atoms in total. The van der Waals surface area contributed by atoms with Gasteiger partial charge in [-0.2, -0.15) is 0 Å². The Morgan fingerprint density at radius 3 is 2.42 bits per heavy atom. The van der Waals surface area contributed by atoms with Crippen LogP contribution in [0.15, 0.2) is 73.1 Å². The van der Waals surface area contributed by atoms with E-state index in [0.717, 1.165) is 17.6 Å². The predicted molar refractivity (Wildman–Crippen MR) is 127 cm³/mol. The predicted octanol–water partition coefficient (Wildman–Crippen LogP) is 5.27. The van der Waals surface area contributed by atoms with Gasteiger partial charge in [0.05, 0.1) is 11.0 Å². The summed E-state index contributed by atoms with van der Waals surface area (Å²) in [4.78, 5) is 16.8. The number of nitrogens with zero attached hydrogens (tertiary/aromatic N) is 2. The molecule has 1 aromatic heterocycles. The van der Waals surface area contributed by atoms with Crippen LogP contribution < -0.4 is 14.8 Å². The molecule has 0 aliphatic carbocycles. The van der Waals surface area contributed by atoms with Crippen LogP contribution in [0.2, 0.25) is 0 Å². The molecule has 4 aromatic rings. The number of alkyl halides is 3. The van der Waals surface area contributed by atoms with Gasteiger partial charge >= 0.3 is 6.36 Å². The summed E-state index contributed by atoms with van der Waals surface area (Å²) in [5.74, 6) is 0.163. The first-order chi connectivity index (χ1) is 17.3. The molecule has 1 heterocycles. The Labute approximate surface area is 205 Å². The normalized spacial score (nSPS) is 11.4. The van der Waals surface area contributed by atoms with Gasteiger partial charge in [0.1, 0.15) is 24.4 Å². The molecule has 0 saturated heterocycles. The van der Waals surface area contributed by atoms with Crippen molar-refractivity contribution in [3.8, 4) is 17.2 Å². The number of nitrogens with one attached hydrogen (secondary N) is 1. The maximum atomic E-state index is 12.3. The number of carbonyl (C=O) groups excluding carboxylic acids is 1. The minimum absolute atomic E-state index is 0.161. The van der Waals surface area contributed by atoms with E-state index in [4.69, 9.17) is 9.47 Å². The second-order valence-corrected chi connectivity index (χ2v) is 7.89. The van der Waals surface area contributed by atoms with Gasteiger partial charge in [0.25, 0.3) is 5.91 Å². The monoisotopic (exact) mass is 499 g/mol. The van der Waals surface area contributed by atoms with Crippen molar-refractivity contribution in [3.05, 3.63) is 84.2 Å². The van der Waals surface area contributed by atoms with Crippen molar-refractivity contribution in [1.29, 1.82) is 0 Å². The third-order valence-electron chi connectivity index (χ3n) is 5.30. The number of halogens is 3. The molecule has 0 aliphatic rings. The minimum atomic E-state index is -4.72. The lowest BCUT2D eigenvalue weighted by Gasteiger charge is -2.11. The molecule has 188 valence electrons. The van der Waals surface area contributed by atoms with Crippen LogP contribution in [-0.2, 0) is 11.3 Å². The van der Waals surface area contributed by atoms with Crippen molar-refractivity contribution in [2.75, 3.05) is 20.3 Å². The quantitative estimate of drug-likeness (QED) is 0.301. The number of fused-ring (bicyclic) bond motifs is 1. The SMILES string of the molecule is COCCCNC(=O)c1ccc2c(c1)ncn2-c1ccc(OCc2ccc(OC(F)(F)F)cc2)cc1. The van der Waals surface area contributed by atoms with Gasteiger partial charge < -0.3 is 19.5 Å². The number of rotatable bonds is 10. The third kappa shape index (κ3) is 6.54. The Balaban J connectivity index is 1.37. The van der Waals surface area contributed by atoms with Crippen LogP contribution in [0.3, 0.4) is 0 Å². The summed E-state index contributed by atoms with van der Waals surface area (Å²) in [7, 11) is 1.62. The first-order valence-corrected chi connectivity index (χ1v) is 11.1. The number of carbonyl (C=O) groups is 1. The van der Waals surface area contributed by atoms with Gasteiger partial charge in [-0.05, 0) is 66.6 Å². The summed E-state index contributed by atoms with van der Waals surface area (Å²) in [5, 5.41) is 2.86. The molecule has 0 bridgehead atoms. The van der Waals surface area contributed by atoms with Crippen LogP contribution in [0, 0.1) is 0 Å². The van der Waals surface area contributed by atoms with Crippen molar-refractivity contribution >= 4 is 16.9 Å². The molecule has 0 aliphatic heterocycles. The maximum Gasteiger partial charge on any atom is 0.573 e. The average Bonchev–Trinajstić information content (AvgIpc) is 3.29. The Bertz CT molecular complexity index is 1300. The summed E-state index contributed by atoms with van der Waals surface area (Å²) < 4.78 is 53.3. The van der Waals surface area contributed by atoms with Gasteiger partial charge in [-0.15, -0.1) is 13.2 Å². The number of imidazole rings is 1. The molecule has 0 unspecified atom stereocenters. The number of amides is 1. The van der Waals surface area contributed by atoms with Crippen LogP contribution in [-0.4, -0.2) is 42.1 Å². The molecule has 0 saturated carbocycles. The zero-order valence-corrected chi connectivity index (χ0v) is 19.4. The van der Waals surface area contributed by atoms with Crippen LogP contribution in [0.4, 0.5) is 13.2 Å². The summed E-state index contributed by atoms with van der Waals surface area (Å²) in [6.07, 6.45) is -2.30. The van der Waals surface area contributed by atoms with E-state index in [1.807, 2.05) is 22.8 Å². The first-order valence-electron chi connectivity index (χ1n) is 11.1. The van der Waals surface area contributed by atoms with E-state index in [1.54, 1.807) is 37.7 Å². The molecule has 36 heavy (non-hydrogen) atoms. The number of benzene rings is 3. The Morgan fingerprint density at radius 2 is 1.72 bits per heavy atom. The largest absolute Gasteiger partial charge is 0.573 e. The fourth-order valence-corrected chi connectivity index (χ4v) is 3.54. The van der Waals surface area contributed by atoms with Crippen LogP contribution in [0.5, 0.6) is 11.5 Å². The summed E-state index contributed by atoms with van der Waals surface area (Å²) in [6, 6.07) is 18.2. The molecule has 0 radical (unpaired) electrons. The van der Waals surface area contributed by atoms with E-state index < -0.39 is 6.36 Å². The molecular formula is C26H24F3N3O4. The highest BCUT2D eigenvalue weighted by molar-refractivity contribution is 5.97. The van der Waals surface area contributed by atoms with E-state index in [9.17, 15) is 18.0 Å². The molecule has 0 atom stereocenters. The summed E-state index contributed by atoms with van der Waals surface area (Å²) in [6.45, 7) is 1.31. The minimum Gasteiger partial charge on any atom is -0.489 e. The fourth-order valence-electron chi connectivity index (χ4n) is 3.54. The highest BCUT2D eigenvalue weighted by Crippen LogP contribution is 2.24. The van der Waals surface area contributed by atoms with E-state index in [0.29, 0.717) is 35.5 Å². The zero-order valence-electron chi connectivity index (χ0n) is 19.4. The van der Waals surface area contributed by atoms with Crippen molar-refractivity contribution in [2.45, 2.75) is 19.4 Å². The second-order valence-electron chi connectivity index (χ2n) is 7.89. The van der Waals surface area contributed by atoms with Crippen LogP contribution >= 0.6 is 0 Å². The molecule has 10 heteroatoms. The Hall–Kier alpha value is -4.05. The standard InChI is InChI=1S/C26H24F3N3O4/c1-34-14-2-13-30-25(33)19-5-12-24-23(15-19)31-17-32(24)20-6-10-21(11-7-20)35-16-18-3-8-22(9-4-18)36-26(27,28)29/h3-12,15,17H,2,13-14,16H2,1H3,(H,30,33).